The normalized spacial score (nSPS) is 18.1. The topological polar surface area (TPSA) is 102 Å². The van der Waals surface area contributed by atoms with Crippen LogP contribution in [0.4, 0.5) is 5.69 Å². The largest absolute Gasteiger partial charge is 0.494 e. The van der Waals surface area contributed by atoms with Crippen LogP contribution in [0.1, 0.15) is 13.3 Å². The summed E-state index contributed by atoms with van der Waals surface area (Å²) >= 11 is 0. The molecular weight excluding hydrogens is 274 g/mol. The van der Waals surface area contributed by atoms with Gasteiger partial charge in [-0.25, -0.2) is 4.90 Å². The minimum atomic E-state index is -0.712. The third-order valence-corrected chi connectivity index (χ3v) is 3.08. The van der Waals surface area contributed by atoms with Crippen LogP contribution in [0.15, 0.2) is 24.3 Å². The zero-order valence-corrected chi connectivity index (χ0v) is 11.7. The molecule has 21 heavy (non-hydrogen) atoms. The summed E-state index contributed by atoms with van der Waals surface area (Å²) in [5.41, 5.74) is 5.50. The fourth-order valence-corrected chi connectivity index (χ4v) is 2.14. The molecule has 3 amide bonds. The Balaban J connectivity index is 2.10. The van der Waals surface area contributed by atoms with Gasteiger partial charge >= 0.3 is 0 Å². The summed E-state index contributed by atoms with van der Waals surface area (Å²) in [6, 6.07) is 5.98. The molecule has 1 aliphatic heterocycles. The van der Waals surface area contributed by atoms with Crippen molar-refractivity contribution in [1.82, 2.24) is 5.32 Å². The zero-order chi connectivity index (χ0) is 15.4. The Morgan fingerprint density at radius 3 is 2.62 bits per heavy atom. The van der Waals surface area contributed by atoms with Crippen LogP contribution in [-0.4, -0.2) is 36.9 Å². The lowest BCUT2D eigenvalue weighted by molar-refractivity contribution is -0.121. The number of nitrogens with zero attached hydrogens (tertiary/aromatic N) is 1. The predicted molar refractivity (Wildman–Crippen MR) is 75.7 cm³/mol. The molecule has 112 valence electrons. The Bertz CT molecular complexity index is 556. The molecule has 1 unspecified atom stereocenters. The number of primary amides is 1. The van der Waals surface area contributed by atoms with Gasteiger partial charge in [-0.2, -0.15) is 0 Å². The van der Waals surface area contributed by atoms with Crippen molar-refractivity contribution >= 4 is 23.4 Å². The standard InChI is InChI=1S/C14H17N3O4/c1-2-21-10-5-3-9(4-6-10)17-13(19)7-11(14(17)20)16-8-12(15)18/h3-6,11,16H,2,7-8H2,1H3,(H2,15,18). The van der Waals surface area contributed by atoms with Crippen LogP contribution in [0.3, 0.4) is 0 Å². The van der Waals surface area contributed by atoms with Crippen molar-refractivity contribution in [3.05, 3.63) is 24.3 Å². The van der Waals surface area contributed by atoms with E-state index in [9.17, 15) is 14.4 Å². The molecule has 1 aliphatic rings. The molecule has 3 N–H and O–H groups in total. The predicted octanol–water partition coefficient (Wildman–Crippen LogP) is -0.208. The minimum absolute atomic E-state index is 0.0132. The monoisotopic (exact) mass is 291 g/mol. The van der Waals surface area contributed by atoms with E-state index in [0.717, 1.165) is 4.90 Å². The number of ether oxygens (including phenoxy) is 1. The average molecular weight is 291 g/mol. The molecule has 0 bridgehead atoms. The second-order valence-corrected chi connectivity index (χ2v) is 4.60. The molecule has 1 saturated heterocycles. The molecule has 1 atom stereocenters. The average Bonchev–Trinajstić information content (AvgIpc) is 2.73. The van der Waals surface area contributed by atoms with Crippen LogP contribution in [0.2, 0.25) is 0 Å². The molecule has 0 radical (unpaired) electrons. The number of nitrogens with one attached hydrogen (secondary N) is 1. The highest BCUT2D eigenvalue weighted by Gasteiger charge is 2.39. The van der Waals surface area contributed by atoms with Crippen molar-refractivity contribution in [2.75, 3.05) is 18.1 Å². The van der Waals surface area contributed by atoms with Gasteiger partial charge in [0.25, 0.3) is 5.91 Å². The molecule has 1 aromatic carbocycles. The molecule has 0 spiro atoms. The van der Waals surface area contributed by atoms with Gasteiger partial charge in [-0.15, -0.1) is 0 Å². The summed E-state index contributed by atoms with van der Waals surface area (Å²) in [5.74, 6) is -0.602. The van der Waals surface area contributed by atoms with Crippen molar-refractivity contribution in [3.63, 3.8) is 0 Å². The molecule has 1 fully saturated rings. The number of anilines is 1. The summed E-state index contributed by atoms with van der Waals surface area (Å²) in [4.78, 5) is 36.0. The second-order valence-electron chi connectivity index (χ2n) is 4.60. The fraction of sp³-hybridized carbons (Fsp3) is 0.357. The van der Waals surface area contributed by atoms with Crippen LogP contribution in [0.25, 0.3) is 0 Å². The lowest BCUT2D eigenvalue weighted by Gasteiger charge is -2.15. The first kappa shape index (κ1) is 15.0. The van der Waals surface area contributed by atoms with E-state index in [2.05, 4.69) is 5.32 Å². The Morgan fingerprint density at radius 2 is 2.05 bits per heavy atom. The number of nitrogens with two attached hydrogens (primary N) is 1. The minimum Gasteiger partial charge on any atom is -0.494 e. The van der Waals surface area contributed by atoms with Crippen LogP contribution < -0.4 is 20.7 Å². The van der Waals surface area contributed by atoms with Crippen molar-refractivity contribution < 1.29 is 19.1 Å². The van der Waals surface area contributed by atoms with Crippen LogP contribution >= 0.6 is 0 Å². The number of rotatable bonds is 6. The highest BCUT2D eigenvalue weighted by Crippen LogP contribution is 2.25. The van der Waals surface area contributed by atoms with E-state index in [0.29, 0.717) is 18.0 Å². The highest BCUT2D eigenvalue weighted by molar-refractivity contribution is 6.22. The first-order chi connectivity index (χ1) is 10.0. The van der Waals surface area contributed by atoms with E-state index in [1.165, 1.54) is 0 Å². The van der Waals surface area contributed by atoms with E-state index in [-0.39, 0.29) is 24.8 Å². The van der Waals surface area contributed by atoms with Gasteiger partial charge in [0.1, 0.15) is 5.75 Å². The van der Waals surface area contributed by atoms with E-state index in [1.807, 2.05) is 6.92 Å². The lowest BCUT2D eigenvalue weighted by Crippen LogP contribution is -2.42. The number of imide groups is 1. The highest BCUT2D eigenvalue weighted by atomic mass is 16.5. The smallest absolute Gasteiger partial charge is 0.251 e. The maximum Gasteiger partial charge on any atom is 0.251 e. The van der Waals surface area contributed by atoms with Gasteiger partial charge in [-0.1, -0.05) is 0 Å². The number of carbonyl (C=O) groups excluding carboxylic acids is 3. The fourth-order valence-electron chi connectivity index (χ4n) is 2.14. The number of hydrogen-bond donors (Lipinski definition) is 2. The SMILES string of the molecule is CCOc1ccc(N2C(=O)CC(NCC(N)=O)C2=O)cc1. The second kappa shape index (κ2) is 6.36. The Hall–Kier alpha value is -2.41. The lowest BCUT2D eigenvalue weighted by atomic mass is 10.2. The Morgan fingerprint density at radius 1 is 1.38 bits per heavy atom. The molecule has 1 aromatic rings. The third-order valence-electron chi connectivity index (χ3n) is 3.08. The van der Waals surface area contributed by atoms with Crippen LogP contribution in [0, 0.1) is 0 Å². The van der Waals surface area contributed by atoms with Crippen LogP contribution in [-0.2, 0) is 14.4 Å². The molecule has 7 nitrogen and oxygen atoms in total. The van der Waals surface area contributed by atoms with E-state index in [4.69, 9.17) is 10.5 Å². The van der Waals surface area contributed by atoms with Gasteiger partial charge in [0.15, 0.2) is 0 Å². The van der Waals surface area contributed by atoms with Gasteiger partial charge in [-0.3, -0.25) is 19.7 Å². The Labute approximate surface area is 122 Å². The van der Waals surface area contributed by atoms with Crippen LogP contribution in [0.5, 0.6) is 5.75 Å². The van der Waals surface area contributed by atoms with E-state index >= 15 is 0 Å². The molecule has 7 heteroatoms. The van der Waals surface area contributed by atoms with Gasteiger partial charge in [-0.05, 0) is 31.2 Å². The van der Waals surface area contributed by atoms with E-state index in [1.54, 1.807) is 24.3 Å². The molecule has 0 saturated carbocycles. The van der Waals surface area contributed by atoms with Gasteiger partial charge in [0, 0.05) is 0 Å². The number of hydrogen-bond acceptors (Lipinski definition) is 5. The van der Waals surface area contributed by atoms with Gasteiger partial charge in [0.05, 0.1) is 31.3 Å². The third kappa shape index (κ3) is 3.38. The summed E-state index contributed by atoms with van der Waals surface area (Å²) in [5, 5.41) is 2.68. The molecular formula is C14H17N3O4. The number of carbonyl (C=O) groups is 3. The van der Waals surface area contributed by atoms with Crippen molar-refractivity contribution in [2.24, 2.45) is 5.73 Å². The number of benzene rings is 1. The first-order valence-corrected chi connectivity index (χ1v) is 6.64. The molecule has 0 aliphatic carbocycles. The Kier molecular flexibility index (Phi) is 4.54. The number of amides is 3. The van der Waals surface area contributed by atoms with E-state index < -0.39 is 11.9 Å². The van der Waals surface area contributed by atoms with Crippen molar-refractivity contribution in [2.45, 2.75) is 19.4 Å². The maximum absolute atomic E-state index is 12.2. The summed E-state index contributed by atoms with van der Waals surface area (Å²) in [6.45, 7) is 2.28. The van der Waals surface area contributed by atoms with Crippen molar-refractivity contribution in [3.8, 4) is 5.75 Å². The summed E-state index contributed by atoms with van der Waals surface area (Å²) in [7, 11) is 0. The molecule has 0 aromatic heterocycles. The zero-order valence-electron chi connectivity index (χ0n) is 11.7. The maximum atomic E-state index is 12.2. The first-order valence-electron chi connectivity index (χ1n) is 6.64. The molecule has 1 heterocycles. The van der Waals surface area contributed by atoms with Crippen molar-refractivity contribution in [1.29, 1.82) is 0 Å². The summed E-state index contributed by atoms with van der Waals surface area (Å²) < 4.78 is 5.31. The van der Waals surface area contributed by atoms with Gasteiger partial charge < -0.3 is 10.5 Å². The van der Waals surface area contributed by atoms with Gasteiger partial charge in [0.2, 0.25) is 11.8 Å². The quantitative estimate of drug-likeness (QED) is 0.706. The summed E-state index contributed by atoms with van der Waals surface area (Å²) in [6.07, 6.45) is 0.0132. The molecule has 2 rings (SSSR count).